The predicted octanol–water partition coefficient (Wildman–Crippen LogP) is 0.870. The number of hydrogen-bond acceptors (Lipinski definition) is 6. The summed E-state index contributed by atoms with van der Waals surface area (Å²) in [5.74, 6) is 0. The zero-order chi connectivity index (χ0) is 9.26. The van der Waals surface area contributed by atoms with Crippen LogP contribution in [-0.4, -0.2) is 19.8 Å². The average molecular weight is 198 g/mol. The van der Waals surface area contributed by atoms with Crippen LogP contribution in [0.1, 0.15) is 11.4 Å². The van der Waals surface area contributed by atoms with Crippen molar-refractivity contribution in [3.05, 3.63) is 17.7 Å². The van der Waals surface area contributed by atoms with Crippen molar-refractivity contribution in [3.63, 3.8) is 0 Å². The van der Waals surface area contributed by atoms with Gasteiger partial charge in [-0.05, 0) is 0 Å². The number of azo groups is 1. The lowest BCUT2D eigenvalue weighted by molar-refractivity contribution is 0.481. The van der Waals surface area contributed by atoms with E-state index in [-0.39, 0.29) is 6.16 Å². The van der Waals surface area contributed by atoms with Gasteiger partial charge in [-0.2, -0.15) is 10.2 Å². The zero-order valence-electron chi connectivity index (χ0n) is 6.62. The third kappa shape index (κ3) is 1.70. The predicted molar refractivity (Wildman–Crippen MR) is 45.3 cm³/mol. The summed E-state index contributed by atoms with van der Waals surface area (Å²) in [5.41, 5.74) is 1.90. The maximum absolute atomic E-state index is 8.82. The third-order valence-corrected chi connectivity index (χ3v) is 2.24. The Morgan fingerprint density at radius 1 is 1.38 bits per heavy atom. The molecule has 2 N–H and O–H groups in total. The van der Waals surface area contributed by atoms with E-state index in [4.69, 9.17) is 9.79 Å². The second-order valence-electron chi connectivity index (χ2n) is 2.55. The van der Waals surface area contributed by atoms with Crippen LogP contribution in [0.15, 0.2) is 16.6 Å². The lowest BCUT2D eigenvalue weighted by Crippen LogP contribution is -1.93. The Balaban J connectivity index is 2.35. The van der Waals surface area contributed by atoms with E-state index in [1.165, 1.54) is 6.33 Å². The molecule has 1 aliphatic heterocycles. The Bertz CT molecular complexity index is 354. The van der Waals surface area contributed by atoms with Crippen molar-refractivity contribution < 1.29 is 9.79 Å². The summed E-state index contributed by atoms with van der Waals surface area (Å²) >= 11 is 0. The molecule has 6 nitrogen and oxygen atoms in total. The van der Waals surface area contributed by atoms with Gasteiger partial charge in [-0.25, -0.2) is 9.97 Å². The number of nitrogens with zero attached hydrogens (tertiary/aromatic N) is 4. The Morgan fingerprint density at radius 2 is 2.23 bits per heavy atom. The van der Waals surface area contributed by atoms with Gasteiger partial charge in [0.2, 0.25) is 0 Å². The zero-order valence-corrected chi connectivity index (χ0v) is 7.52. The van der Waals surface area contributed by atoms with Gasteiger partial charge in [0.25, 0.3) is 0 Å². The molecule has 0 spiro atoms. The molecule has 0 fully saturated rings. The van der Waals surface area contributed by atoms with Crippen LogP contribution in [0.4, 0.5) is 5.69 Å². The maximum Gasteiger partial charge on any atom is 0.171 e. The van der Waals surface area contributed by atoms with Crippen LogP contribution < -0.4 is 0 Å². The van der Waals surface area contributed by atoms with Crippen LogP contribution in [0.25, 0.3) is 0 Å². The summed E-state index contributed by atoms with van der Waals surface area (Å²) in [6.07, 6.45) is 1.52. The molecule has 7 heteroatoms. The van der Waals surface area contributed by atoms with Crippen molar-refractivity contribution in [1.82, 2.24) is 9.97 Å². The van der Waals surface area contributed by atoms with Crippen molar-refractivity contribution >= 4 is 14.1 Å². The SMILES string of the molecule is OP(O)Cc1ncnc2c1N=NC2. The molecule has 2 heterocycles. The van der Waals surface area contributed by atoms with E-state index in [1.807, 2.05) is 0 Å². The topological polar surface area (TPSA) is 91.0 Å². The van der Waals surface area contributed by atoms with E-state index < -0.39 is 8.38 Å². The Hall–Kier alpha value is -0.970. The first-order chi connectivity index (χ1) is 6.27. The number of aromatic nitrogens is 2. The maximum atomic E-state index is 8.82. The summed E-state index contributed by atoms with van der Waals surface area (Å²) in [5, 5.41) is 7.63. The fourth-order valence-corrected chi connectivity index (χ4v) is 1.61. The summed E-state index contributed by atoms with van der Waals surface area (Å²) in [4.78, 5) is 25.5. The van der Waals surface area contributed by atoms with Crippen molar-refractivity contribution in [2.45, 2.75) is 12.7 Å². The fourth-order valence-electron chi connectivity index (χ4n) is 1.11. The largest absolute Gasteiger partial charge is 0.350 e. The molecular formula is C6H7N4O2P. The molecule has 1 aliphatic rings. The minimum absolute atomic E-state index is 0.124. The smallest absolute Gasteiger partial charge is 0.171 e. The van der Waals surface area contributed by atoms with Gasteiger partial charge in [-0.1, -0.05) is 0 Å². The van der Waals surface area contributed by atoms with Crippen LogP contribution in [0, 0.1) is 0 Å². The number of hydrogen-bond donors (Lipinski definition) is 2. The van der Waals surface area contributed by atoms with Gasteiger partial charge >= 0.3 is 0 Å². The second-order valence-corrected chi connectivity index (χ2v) is 3.61. The van der Waals surface area contributed by atoms with Crippen molar-refractivity contribution in [2.75, 3.05) is 0 Å². The average Bonchev–Trinajstić information content (AvgIpc) is 2.51. The van der Waals surface area contributed by atoms with Crippen LogP contribution >= 0.6 is 8.38 Å². The van der Waals surface area contributed by atoms with Crippen LogP contribution in [0.2, 0.25) is 0 Å². The van der Waals surface area contributed by atoms with Gasteiger partial charge in [-0.15, -0.1) is 0 Å². The Kier molecular flexibility index (Phi) is 2.26. The molecule has 0 saturated carbocycles. The summed E-state index contributed by atoms with van der Waals surface area (Å²) in [6, 6.07) is 0. The lowest BCUT2D eigenvalue weighted by Gasteiger charge is -2.03. The second kappa shape index (κ2) is 3.41. The molecule has 0 amide bonds. The first kappa shape index (κ1) is 8.62. The van der Waals surface area contributed by atoms with Gasteiger partial charge in [0.1, 0.15) is 18.6 Å². The van der Waals surface area contributed by atoms with Gasteiger partial charge < -0.3 is 9.79 Å². The minimum atomic E-state index is -1.98. The Labute approximate surface area is 75.3 Å². The number of rotatable bonds is 2. The highest BCUT2D eigenvalue weighted by molar-refractivity contribution is 7.44. The Morgan fingerprint density at radius 3 is 3.00 bits per heavy atom. The van der Waals surface area contributed by atoms with Crippen LogP contribution in [0.3, 0.4) is 0 Å². The molecule has 0 unspecified atom stereocenters. The van der Waals surface area contributed by atoms with E-state index in [9.17, 15) is 0 Å². The lowest BCUT2D eigenvalue weighted by atomic mass is 10.3. The number of fused-ring (bicyclic) bond motifs is 1. The fraction of sp³-hybridized carbons (Fsp3) is 0.333. The molecule has 68 valence electrons. The highest BCUT2D eigenvalue weighted by Gasteiger charge is 2.16. The molecule has 1 aromatic heterocycles. The van der Waals surface area contributed by atoms with Gasteiger partial charge in [-0.3, -0.25) is 0 Å². The molecule has 0 saturated heterocycles. The molecule has 0 atom stereocenters. The molecular weight excluding hydrogens is 191 g/mol. The monoisotopic (exact) mass is 198 g/mol. The molecule has 0 aromatic carbocycles. The highest BCUT2D eigenvalue weighted by atomic mass is 31.2. The van der Waals surface area contributed by atoms with Gasteiger partial charge in [0.05, 0.1) is 17.5 Å². The molecule has 0 bridgehead atoms. The third-order valence-electron chi connectivity index (χ3n) is 1.66. The summed E-state index contributed by atoms with van der Waals surface area (Å²) < 4.78 is 0. The van der Waals surface area contributed by atoms with Crippen molar-refractivity contribution in [1.29, 1.82) is 0 Å². The molecule has 1 aromatic rings. The van der Waals surface area contributed by atoms with E-state index in [2.05, 4.69) is 20.2 Å². The summed E-state index contributed by atoms with van der Waals surface area (Å²) in [6.45, 7) is 0.458. The van der Waals surface area contributed by atoms with Crippen LogP contribution in [0.5, 0.6) is 0 Å². The van der Waals surface area contributed by atoms with Crippen LogP contribution in [-0.2, 0) is 12.7 Å². The van der Waals surface area contributed by atoms with Crippen molar-refractivity contribution in [2.24, 2.45) is 10.2 Å². The molecule has 0 aliphatic carbocycles. The van der Waals surface area contributed by atoms with E-state index in [0.717, 1.165) is 5.69 Å². The highest BCUT2D eigenvalue weighted by Crippen LogP contribution is 2.35. The molecule has 13 heavy (non-hydrogen) atoms. The first-order valence-corrected chi connectivity index (χ1v) is 5.06. The quantitative estimate of drug-likeness (QED) is 0.689. The normalized spacial score (nSPS) is 13.8. The summed E-state index contributed by atoms with van der Waals surface area (Å²) in [7, 11) is -1.98. The van der Waals surface area contributed by atoms with Gasteiger partial charge in [0, 0.05) is 0 Å². The first-order valence-electron chi connectivity index (χ1n) is 3.63. The van der Waals surface area contributed by atoms with E-state index in [1.54, 1.807) is 0 Å². The van der Waals surface area contributed by atoms with E-state index >= 15 is 0 Å². The minimum Gasteiger partial charge on any atom is -0.350 e. The molecule has 2 rings (SSSR count). The van der Waals surface area contributed by atoms with Crippen molar-refractivity contribution in [3.8, 4) is 0 Å². The molecule has 0 radical (unpaired) electrons. The standard InChI is InChI=1S/C6H7N4O2P/c11-13(12)2-5-6-4(1-9-10-6)7-3-8-5/h3,11-12H,1-2H2. The van der Waals surface area contributed by atoms with Gasteiger partial charge in [0.15, 0.2) is 8.38 Å². The van der Waals surface area contributed by atoms with E-state index in [0.29, 0.717) is 17.9 Å².